The molecule has 13 nitrogen and oxygen atoms in total. The van der Waals surface area contributed by atoms with Crippen molar-refractivity contribution in [1.29, 1.82) is 0 Å². The number of rotatable bonds is 6. The van der Waals surface area contributed by atoms with Gasteiger partial charge in [0.1, 0.15) is 5.69 Å². The monoisotopic (exact) mass is 453 g/mol. The first-order valence-electron chi connectivity index (χ1n) is 8.82. The molecule has 14 heteroatoms. The van der Waals surface area contributed by atoms with Crippen LogP contribution >= 0.6 is 11.6 Å². The number of aromatic nitrogens is 5. The number of nitro benzene ring substituents is 1. The van der Waals surface area contributed by atoms with E-state index in [0.29, 0.717) is 16.1 Å². The van der Waals surface area contributed by atoms with E-state index in [4.69, 9.17) is 17.3 Å². The number of hydrogen-bond acceptors (Lipinski definition) is 10. The van der Waals surface area contributed by atoms with Crippen molar-refractivity contribution in [3.8, 4) is 17.1 Å². The van der Waals surface area contributed by atoms with Crippen molar-refractivity contribution in [1.82, 2.24) is 30.7 Å². The number of nitrogens with two attached hydrogens (primary N) is 1. The first kappa shape index (κ1) is 20.6. The van der Waals surface area contributed by atoms with E-state index in [9.17, 15) is 14.9 Å². The van der Waals surface area contributed by atoms with Crippen LogP contribution in [-0.2, 0) is 0 Å². The Kier molecular flexibility index (Phi) is 5.55. The summed E-state index contributed by atoms with van der Waals surface area (Å²) in [6.45, 7) is 0. The second-order valence-corrected chi connectivity index (χ2v) is 6.66. The molecule has 0 atom stereocenters. The van der Waals surface area contributed by atoms with Crippen LogP contribution in [0.4, 0.5) is 11.5 Å². The van der Waals surface area contributed by atoms with Gasteiger partial charge in [0.2, 0.25) is 11.6 Å². The molecule has 0 radical (unpaired) electrons. The Labute approximate surface area is 183 Å². The van der Waals surface area contributed by atoms with E-state index in [1.807, 2.05) is 0 Å². The van der Waals surface area contributed by atoms with Gasteiger partial charge in [0.25, 0.3) is 11.6 Å². The van der Waals surface area contributed by atoms with E-state index < -0.39 is 10.8 Å². The smallest absolute Gasteiger partial charge is 0.294 e. The molecule has 0 fully saturated rings. The van der Waals surface area contributed by atoms with Crippen LogP contribution in [0.25, 0.3) is 17.1 Å². The molecule has 0 saturated heterocycles. The number of hydrogen-bond donors (Lipinski definition) is 2. The molecule has 0 saturated carbocycles. The second-order valence-electron chi connectivity index (χ2n) is 6.23. The molecule has 0 unspecified atom stereocenters. The van der Waals surface area contributed by atoms with Crippen molar-refractivity contribution in [2.75, 3.05) is 5.73 Å². The molecule has 32 heavy (non-hydrogen) atoms. The van der Waals surface area contributed by atoms with Gasteiger partial charge in [-0.1, -0.05) is 28.9 Å². The lowest BCUT2D eigenvalue weighted by atomic mass is 10.1. The molecule has 2 aromatic heterocycles. The largest absolute Gasteiger partial charge is 0.378 e. The fourth-order valence-electron chi connectivity index (χ4n) is 2.69. The molecule has 0 aliphatic rings. The van der Waals surface area contributed by atoms with Gasteiger partial charge in [-0.05, 0) is 40.1 Å². The van der Waals surface area contributed by atoms with E-state index in [0.717, 1.165) is 4.68 Å². The first-order chi connectivity index (χ1) is 15.4. The number of nitrogens with zero attached hydrogens (tertiary/aromatic N) is 7. The summed E-state index contributed by atoms with van der Waals surface area (Å²) < 4.78 is 5.74. The van der Waals surface area contributed by atoms with Gasteiger partial charge in [-0.15, -0.1) is 5.10 Å². The topological polar surface area (TPSA) is 180 Å². The normalized spacial score (nSPS) is 11.0. The Hall–Kier alpha value is -4.65. The zero-order valence-corrected chi connectivity index (χ0v) is 16.7. The van der Waals surface area contributed by atoms with Crippen molar-refractivity contribution in [3.05, 3.63) is 74.9 Å². The van der Waals surface area contributed by atoms with Crippen LogP contribution in [0, 0.1) is 10.1 Å². The Morgan fingerprint density at radius 1 is 1.19 bits per heavy atom. The highest BCUT2D eigenvalue weighted by molar-refractivity contribution is 6.30. The number of nitrogen functional groups attached to an aromatic ring is 1. The lowest BCUT2D eigenvalue weighted by Crippen LogP contribution is -2.19. The molecule has 0 bridgehead atoms. The summed E-state index contributed by atoms with van der Waals surface area (Å²) in [6, 6.07) is 12.2. The van der Waals surface area contributed by atoms with Gasteiger partial charge in [0.05, 0.1) is 11.1 Å². The van der Waals surface area contributed by atoms with Crippen molar-refractivity contribution in [2.24, 2.45) is 5.10 Å². The van der Waals surface area contributed by atoms with Gasteiger partial charge in [-0.3, -0.25) is 14.9 Å². The number of amides is 1. The number of nitrogens with one attached hydrogen (secondary N) is 1. The fraction of sp³-hybridized carbons (Fsp3) is 0. The molecular formula is C18H12ClN9O4. The van der Waals surface area contributed by atoms with Gasteiger partial charge >= 0.3 is 0 Å². The molecule has 1 amide bonds. The summed E-state index contributed by atoms with van der Waals surface area (Å²) in [5.41, 5.74) is 9.08. The average Bonchev–Trinajstić information content (AvgIpc) is 3.41. The summed E-state index contributed by atoms with van der Waals surface area (Å²) in [4.78, 5) is 23.2. The predicted octanol–water partition coefficient (Wildman–Crippen LogP) is 2.23. The van der Waals surface area contributed by atoms with Crippen molar-refractivity contribution in [2.45, 2.75) is 0 Å². The first-order valence-corrected chi connectivity index (χ1v) is 9.19. The van der Waals surface area contributed by atoms with Gasteiger partial charge in [-0.2, -0.15) is 9.78 Å². The third kappa shape index (κ3) is 4.13. The molecular weight excluding hydrogens is 442 g/mol. The molecule has 0 aliphatic heterocycles. The number of halogens is 1. The lowest BCUT2D eigenvalue weighted by molar-refractivity contribution is -0.384. The average molecular weight is 454 g/mol. The third-order valence-corrected chi connectivity index (χ3v) is 4.43. The molecule has 0 aliphatic carbocycles. The van der Waals surface area contributed by atoms with E-state index in [1.54, 1.807) is 24.3 Å². The molecule has 160 valence electrons. The molecule has 0 spiro atoms. The zero-order chi connectivity index (χ0) is 22.7. The molecule has 2 aromatic carbocycles. The van der Waals surface area contributed by atoms with Gasteiger partial charge < -0.3 is 5.73 Å². The van der Waals surface area contributed by atoms with E-state index in [-0.39, 0.29) is 28.7 Å². The molecule has 3 N–H and O–H groups in total. The highest BCUT2D eigenvalue weighted by Crippen LogP contribution is 2.28. The van der Waals surface area contributed by atoms with Crippen LogP contribution in [-0.4, -0.2) is 42.4 Å². The predicted molar refractivity (Wildman–Crippen MR) is 112 cm³/mol. The highest BCUT2D eigenvalue weighted by Gasteiger charge is 2.25. The fourth-order valence-corrected chi connectivity index (χ4v) is 2.81. The van der Waals surface area contributed by atoms with Crippen LogP contribution in [0.5, 0.6) is 0 Å². The SMILES string of the molecule is Nc1nonc1-n1nnc(C(=O)NN=Cc2ccc(Cl)cc2)c1-c1ccc([N+](=O)[O-])cc1. The summed E-state index contributed by atoms with van der Waals surface area (Å²) in [7, 11) is 0. The van der Waals surface area contributed by atoms with E-state index >= 15 is 0 Å². The number of carbonyl (C=O) groups is 1. The summed E-state index contributed by atoms with van der Waals surface area (Å²) in [5.74, 6) is -0.787. The lowest BCUT2D eigenvalue weighted by Gasteiger charge is -2.05. The van der Waals surface area contributed by atoms with Crippen molar-refractivity contribution < 1.29 is 14.3 Å². The maximum Gasteiger partial charge on any atom is 0.294 e. The Morgan fingerprint density at radius 2 is 1.91 bits per heavy atom. The number of non-ortho nitro benzene ring substituents is 1. The Balaban J connectivity index is 1.69. The summed E-state index contributed by atoms with van der Waals surface area (Å²) in [6.07, 6.45) is 1.42. The quantitative estimate of drug-likeness (QED) is 0.251. The third-order valence-electron chi connectivity index (χ3n) is 4.18. The van der Waals surface area contributed by atoms with Crippen LogP contribution in [0.2, 0.25) is 5.02 Å². The second kappa shape index (κ2) is 8.61. The number of anilines is 1. The van der Waals surface area contributed by atoms with Gasteiger partial charge in [-0.25, -0.2) is 10.1 Å². The van der Waals surface area contributed by atoms with Crippen LogP contribution in [0.3, 0.4) is 0 Å². The van der Waals surface area contributed by atoms with Crippen LogP contribution in [0.15, 0.2) is 58.3 Å². The minimum Gasteiger partial charge on any atom is -0.378 e. The van der Waals surface area contributed by atoms with Crippen molar-refractivity contribution >= 4 is 35.2 Å². The van der Waals surface area contributed by atoms with Crippen molar-refractivity contribution in [3.63, 3.8) is 0 Å². The highest BCUT2D eigenvalue weighted by atomic mass is 35.5. The maximum absolute atomic E-state index is 12.8. The standard InChI is InChI=1S/C18H12ClN9O4/c19-12-5-1-10(2-6-12)9-21-23-18(29)14-15(11-3-7-13(8-4-11)28(30)31)27(26-22-14)17-16(20)24-32-25-17/h1-9H,(H2,20,24)(H,23,29). The maximum atomic E-state index is 12.8. The van der Waals surface area contributed by atoms with Gasteiger partial charge in [0.15, 0.2) is 5.69 Å². The minimum absolute atomic E-state index is 0.00503. The number of carbonyl (C=O) groups excluding carboxylic acids is 1. The Morgan fingerprint density at radius 3 is 2.53 bits per heavy atom. The van der Waals surface area contributed by atoms with E-state index in [1.165, 1.54) is 30.5 Å². The number of benzene rings is 2. The number of nitro groups is 1. The molecule has 4 rings (SSSR count). The summed E-state index contributed by atoms with van der Waals surface area (Å²) >= 11 is 5.84. The minimum atomic E-state index is -0.690. The molecule has 4 aromatic rings. The summed E-state index contributed by atoms with van der Waals surface area (Å²) in [5, 5.41) is 30.4. The van der Waals surface area contributed by atoms with Crippen LogP contribution < -0.4 is 11.2 Å². The van der Waals surface area contributed by atoms with Crippen LogP contribution in [0.1, 0.15) is 16.1 Å². The zero-order valence-electron chi connectivity index (χ0n) is 15.9. The van der Waals surface area contributed by atoms with Gasteiger partial charge in [0, 0.05) is 22.7 Å². The number of hydrazone groups is 1. The molecule has 2 heterocycles. The van der Waals surface area contributed by atoms with E-state index in [2.05, 4.69) is 35.8 Å². The Bertz CT molecular complexity index is 1310.